The Kier molecular flexibility index (Phi) is 9.77. The van der Waals surface area contributed by atoms with Gasteiger partial charge in [-0.1, -0.05) is 62.9 Å². The van der Waals surface area contributed by atoms with Crippen molar-refractivity contribution in [3.63, 3.8) is 0 Å². The number of nitrogens with zero attached hydrogens (tertiary/aromatic N) is 1. The highest BCUT2D eigenvalue weighted by Crippen LogP contribution is 2.56. The molecule has 0 saturated carbocycles. The fraction of sp³-hybridized carbons (Fsp3) is 0.360. The fourth-order valence-corrected chi connectivity index (χ4v) is 5.12. The van der Waals surface area contributed by atoms with Gasteiger partial charge in [0.05, 0.1) is 18.8 Å². The van der Waals surface area contributed by atoms with E-state index in [1.807, 2.05) is 48.5 Å². The fourth-order valence-electron chi connectivity index (χ4n) is 3.18. The third-order valence-electron chi connectivity index (χ3n) is 5.09. The quantitative estimate of drug-likeness (QED) is 0.262. The highest BCUT2D eigenvalue weighted by atomic mass is 31.2. The van der Waals surface area contributed by atoms with Gasteiger partial charge in [0.15, 0.2) is 8.38 Å². The van der Waals surface area contributed by atoms with Crippen molar-refractivity contribution in [3.05, 3.63) is 65.2 Å². The van der Waals surface area contributed by atoms with Crippen LogP contribution in [0.2, 0.25) is 0 Å². The Labute approximate surface area is 208 Å². The maximum atomic E-state index is 13.1. The highest BCUT2D eigenvalue weighted by Gasteiger charge is 2.28. The smallest absolute Gasteiger partial charge is 0.335 e. The van der Waals surface area contributed by atoms with Crippen molar-refractivity contribution in [2.75, 3.05) is 18.1 Å². The lowest BCUT2D eigenvalue weighted by Crippen LogP contribution is -2.33. The van der Waals surface area contributed by atoms with Crippen LogP contribution in [0.3, 0.4) is 0 Å². The van der Waals surface area contributed by atoms with Gasteiger partial charge >= 0.3 is 8.60 Å². The summed E-state index contributed by atoms with van der Waals surface area (Å²) in [5.41, 5.74) is 3.31. The van der Waals surface area contributed by atoms with E-state index in [2.05, 4.69) is 17.2 Å². The molecule has 0 saturated heterocycles. The average Bonchev–Trinajstić information content (AvgIpc) is 2.81. The van der Waals surface area contributed by atoms with Crippen LogP contribution < -0.4 is 10.2 Å². The van der Waals surface area contributed by atoms with Gasteiger partial charge in [0.1, 0.15) is 0 Å². The molecular formula is C25H30N2O6P2. The van der Waals surface area contributed by atoms with Crippen LogP contribution in [-0.4, -0.2) is 39.9 Å². The van der Waals surface area contributed by atoms with Gasteiger partial charge in [0, 0.05) is 35.7 Å². The van der Waals surface area contributed by atoms with Gasteiger partial charge in [-0.2, -0.15) is 0 Å². The monoisotopic (exact) mass is 516 g/mol. The summed E-state index contributed by atoms with van der Waals surface area (Å²) in [6.07, 6.45) is 0.0496. The largest absolute Gasteiger partial charge is 0.354 e. The summed E-state index contributed by atoms with van der Waals surface area (Å²) < 4.78 is 10.2. The summed E-state index contributed by atoms with van der Waals surface area (Å²) in [6.45, 7) is 5.91. The molecule has 2 amide bonds. The van der Waals surface area contributed by atoms with Crippen LogP contribution in [0.1, 0.15) is 50.3 Å². The van der Waals surface area contributed by atoms with Crippen molar-refractivity contribution in [3.8, 4) is 11.8 Å². The summed E-state index contributed by atoms with van der Waals surface area (Å²) >= 11 is 0. The Hall–Kier alpha value is -2.36. The van der Waals surface area contributed by atoms with Crippen molar-refractivity contribution >= 4 is 34.5 Å². The Morgan fingerprint density at radius 1 is 1.03 bits per heavy atom. The molecular weight excluding hydrogens is 486 g/mol. The summed E-state index contributed by atoms with van der Waals surface area (Å²) in [4.78, 5) is 46.7. The van der Waals surface area contributed by atoms with Crippen LogP contribution in [0.4, 0.5) is 5.69 Å². The first-order valence-corrected chi connectivity index (χ1v) is 13.5. The second-order valence-electron chi connectivity index (χ2n) is 8.85. The number of nitrogens with one attached hydrogen (secondary N) is 1. The van der Waals surface area contributed by atoms with Crippen LogP contribution in [0, 0.1) is 11.8 Å². The van der Waals surface area contributed by atoms with E-state index in [0.29, 0.717) is 6.54 Å². The van der Waals surface area contributed by atoms with Gasteiger partial charge in [0.25, 0.3) is 0 Å². The minimum Gasteiger partial charge on any atom is -0.354 e. The molecule has 186 valence electrons. The summed E-state index contributed by atoms with van der Waals surface area (Å²) in [5, 5.41) is 2.17. The number of fused-ring (bicyclic) bond motifs is 2. The van der Waals surface area contributed by atoms with E-state index < -0.39 is 22.1 Å². The predicted octanol–water partition coefficient (Wildman–Crippen LogP) is 4.18. The van der Waals surface area contributed by atoms with E-state index in [-0.39, 0.29) is 37.8 Å². The molecule has 2 atom stereocenters. The van der Waals surface area contributed by atoms with Crippen LogP contribution in [0.15, 0.2) is 48.5 Å². The van der Waals surface area contributed by atoms with Crippen LogP contribution in [-0.2, 0) is 25.0 Å². The molecule has 0 radical (unpaired) electrons. The van der Waals surface area contributed by atoms with Gasteiger partial charge in [-0.25, -0.2) is 0 Å². The summed E-state index contributed by atoms with van der Waals surface area (Å²) in [5.74, 6) is 5.86. The molecule has 2 unspecified atom stereocenters. The third kappa shape index (κ3) is 8.08. The van der Waals surface area contributed by atoms with E-state index in [0.717, 1.165) is 22.4 Å². The molecule has 3 N–H and O–H groups in total. The number of amides is 2. The maximum absolute atomic E-state index is 13.1. The minimum atomic E-state index is -2.24. The molecule has 1 heterocycles. The number of hydrogen-bond donors (Lipinski definition) is 3. The molecule has 2 aromatic carbocycles. The van der Waals surface area contributed by atoms with E-state index in [4.69, 9.17) is 8.83 Å². The first-order chi connectivity index (χ1) is 16.6. The predicted molar refractivity (Wildman–Crippen MR) is 137 cm³/mol. The topological polar surface area (TPSA) is 108 Å². The Balaban J connectivity index is 1.50. The molecule has 10 heteroatoms. The van der Waals surface area contributed by atoms with Gasteiger partial charge in [0.2, 0.25) is 11.8 Å². The summed E-state index contributed by atoms with van der Waals surface area (Å²) in [7, 11) is -4.07. The van der Waals surface area contributed by atoms with Gasteiger partial charge in [-0.05, 0) is 23.8 Å². The SMILES string of the molecule is CC(C)(C)P(O)OP(O)OCCNC(=O)CCC(=O)N1Cc2ccccc2C#Cc2ccccc21. The molecule has 1 aliphatic rings. The normalized spacial score (nSPS) is 14.4. The zero-order chi connectivity index (χ0) is 25.4. The van der Waals surface area contributed by atoms with Crippen molar-refractivity contribution in [2.24, 2.45) is 0 Å². The van der Waals surface area contributed by atoms with Crippen molar-refractivity contribution < 1.29 is 28.2 Å². The van der Waals surface area contributed by atoms with Gasteiger partial charge in [-0.15, -0.1) is 0 Å². The average molecular weight is 516 g/mol. The number of rotatable bonds is 9. The van der Waals surface area contributed by atoms with E-state index >= 15 is 0 Å². The van der Waals surface area contributed by atoms with Crippen molar-refractivity contribution in [1.29, 1.82) is 0 Å². The number of anilines is 1. The van der Waals surface area contributed by atoms with Crippen molar-refractivity contribution in [2.45, 2.75) is 45.3 Å². The highest BCUT2D eigenvalue weighted by molar-refractivity contribution is 7.58. The molecule has 0 fully saturated rings. The standard InChI is InChI=1S/C25H30N2O6P2/c1-25(2,3)34(30)33-35(31)32-17-16-26-23(28)14-15-24(29)27-18-21-10-5-4-8-19(21)12-13-20-9-6-7-11-22(20)27/h4-11,30-31H,14-18H2,1-3H3,(H,26,28). The lowest BCUT2D eigenvalue weighted by atomic mass is 10.0. The molecule has 0 spiro atoms. The summed E-state index contributed by atoms with van der Waals surface area (Å²) in [6, 6.07) is 15.2. The van der Waals surface area contributed by atoms with Gasteiger partial charge < -0.3 is 24.5 Å². The molecule has 35 heavy (non-hydrogen) atoms. The van der Waals surface area contributed by atoms with Crippen LogP contribution in [0.25, 0.3) is 0 Å². The number of hydrogen-bond acceptors (Lipinski definition) is 6. The molecule has 0 bridgehead atoms. The molecule has 0 aliphatic carbocycles. The van der Waals surface area contributed by atoms with E-state index in [9.17, 15) is 19.4 Å². The first-order valence-electron chi connectivity index (χ1n) is 11.2. The van der Waals surface area contributed by atoms with E-state index in [1.54, 1.807) is 25.7 Å². The first kappa shape index (κ1) is 27.2. The minimum absolute atomic E-state index is 0.0151. The molecule has 1 aliphatic heterocycles. The number of carbonyl (C=O) groups is 2. The molecule has 0 aromatic heterocycles. The van der Waals surface area contributed by atoms with Gasteiger partial charge in [-0.3, -0.25) is 13.9 Å². The Morgan fingerprint density at radius 3 is 2.43 bits per heavy atom. The maximum Gasteiger partial charge on any atom is 0.335 e. The Morgan fingerprint density at radius 2 is 1.69 bits per heavy atom. The second kappa shape index (κ2) is 12.6. The zero-order valence-corrected chi connectivity index (χ0v) is 21.8. The Bertz CT molecular complexity index is 1110. The molecule has 3 rings (SSSR count). The van der Waals surface area contributed by atoms with E-state index in [1.165, 1.54) is 0 Å². The number of carbonyl (C=O) groups excluding carboxylic acids is 2. The number of para-hydroxylation sites is 1. The molecule has 2 aromatic rings. The number of benzene rings is 2. The third-order valence-corrected chi connectivity index (χ3v) is 7.82. The molecule has 8 nitrogen and oxygen atoms in total. The van der Waals surface area contributed by atoms with Crippen LogP contribution >= 0.6 is 17.0 Å². The zero-order valence-electron chi connectivity index (χ0n) is 20.0. The van der Waals surface area contributed by atoms with Crippen molar-refractivity contribution in [1.82, 2.24) is 5.32 Å². The van der Waals surface area contributed by atoms with Crippen LogP contribution in [0.5, 0.6) is 0 Å². The lowest BCUT2D eigenvalue weighted by Gasteiger charge is -2.26. The lowest BCUT2D eigenvalue weighted by molar-refractivity contribution is -0.125. The second-order valence-corrected chi connectivity index (χ2v) is 12.1.